The second-order valence-corrected chi connectivity index (χ2v) is 4.51. The number of hydrogen-bond donors (Lipinski definition) is 0. The van der Waals surface area contributed by atoms with E-state index in [4.69, 9.17) is 0 Å². The fourth-order valence-electron chi connectivity index (χ4n) is 1.97. The van der Waals surface area contributed by atoms with Crippen molar-refractivity contribution in [1.29, 1.82) is 0 Å². The molecule has 0 saturated heterocycles. The fourth-order valence-corrected chi connectivity index (χ4v) is 1.97. The average molecular weight is 283 g/mol. The Balaban J connectivity index is 2.16. The lowest BCUT2D eigenvalue weighted by molar-refractivity contribution is 0.0472. The van der Waals surface area contributed by atoms with Crippen LogP contribution in [0.3, 0.4) is 0 Å². The number of carbonyl (C=O) groups is 1. The number of aryl methyl sites for hydroxylation is 2. The zero-order valence-corrected chi connectivity index (χ0v) is 11.4. The maximum atomic E-state index is 12.7. The molecule has 0 aliphatic rings. The zero-order chi connectivity index (χ0) is 14.9. The molecule has 20 heavy (non-hydrogen) atoms. The van der Waals surface area contributed by atoms with Crippen LogP contribution >= 0.6 is 0 Å². The number of halogens is 2. The van der Waals surface area contributed by atoms with E-state index in [1.165, 1.54) is 17.2 Å². The standard InChI is InChI=1S/C12H15F2N5O/c1-8-9(7-18(3)16-8)6-17(2)11(20)10-4-5-15-19(10)12(13)14/h4-5,7,12H,6H2,1-3H3. The molecule has 8 heteroatoms. The van der Waals surface area contributed by atoms with E-state index in [-0.39, 0.29) is 5.69 Å². The lowest BCUT2D eigenvalue weighted by atomic mass is 10.2. The van der Waals surface area contributed by atoms with Gasteiger partial charge in [0.15, 0.2) is 0 Å². The second-order valence-electron chi connectivity index (χ2n) is 4.51. The number of hydrogen-bond acceptors (Lipinski definition) is 3. The summed E-state index contributed by atoms with van der Waals surface area (Å²) in [7, 11) is 3.34. The summed E-state index contributed by atoms with van der Waals surface area (Å²) < 4.78 is 27.4. The van der Waals surface area contributed by atoms with Gasteiger partial charge in [-0.1, -0.05) is 0 Å². The van der Waals surface area contributed by atoms with Crippen LogP contribution in [0.25, 0.3) is 0 Å². The second kappa shape index (κ2) is 5.40. The number of nitrogens with zero attached hydrogens (tertiary/aromatic N) is 5. The molecule has 0 bridgehead atoms. The SMILES string of the molecule is Cc1nn(C)cc1CN(C)C(=O)c1ccnn1C(F)F. The van der Waals surface area contributed by atoms with Crippen molar-refractivity contribution in [3.63, 3.8) is 0 Å². The molecule has 0 saturated carbocycles. The van der Waals surface area contributed by atoms with Gasteiger partial charge in [0.25, 0.3) is 5.91 Å². The van der Waals surface area contributed by atoms with Crippen molar-refractivity contribution >= 4 is 5.91 Å². The number of rotatable bonds is 4. The molecule has 108 valence electrons. The summed E-state index contributed by atoms with van der Waals surface area (Å²) in [5.41, 5.74) is 1.53. The van der Waals surface area contributed by atoms with Gasteiger partial charge >= 0.3 is 6.55 Å². The molecule has 2 rings (SSSR count). The molecular formula is C12H15F2N5O. The summed E-state index contributed by atoms with van der Waals surface area (Å²) in [6, 6.07) is 1.28. The van der Waals surface area contributed by atoms with Crippen LogP contribution in [0.4, 0.5) is 8.78 Å². The Labute approximate surface area is 114 Å². The third-order valence-electron chi connectivity index (χ3n) is 2.94. The highest BCUT2D eigenvalue weighted by atomic mass is 19.3. The summed E-state index contributed by atoms with van der Waals surface area (Å²) >= 11 is 0. The smallest absolute Gasteiger partial charge is 0.333 e. The molecular weight excluding hydrogens is 268 g/mol. The Morgan fingerprint density at radius 1 is 1.50 bits per heavy atom. The largest absolute Gasteiger partial charge is 0.336 e. The van der Waals surface area contributed by atoms with E-state index in [0.29, 0.717) is 11.2 Å². The topological polar surface area (TPSA) is 56.0 Å². The Kier molecular flexibility index (Phi) is 3.82. The van der Waals surface area contributed by atoms with Crippen molar-refractivity contribution in [3.05, 3.63) is 35.4 Å². The Hall–Kier alpha value is -2.25. The van der Waals surface area contributed by atoms with Gasteiger partial charge in [-0.3, -0.25) is 9.48 Å². The first-order valence-electron chi connectivity index (χ1n) is 5.96. The van der Waals surface area contributed by atoms with Crippen LogP contribution < -0.4 is 0 Å². The van der Waals surface area contributed by atoms with Crippen LogP contribution in [-0.2, 0) is 13.6 Å². The molecule has 0 spiro atoms. The molecule has 2 heterocycles. The molecule has 6 nitrogen and oxygen atoms in total. The van der Waals surface area contributed by atoms with Gasteiger partial charge in [0, 0.05) is 38.6 Å². The van der Waals surface area contributed by atoms with Gasteiger partial charge < -0.3 is 4.90 Å². The predicted octanol–water partition coefficient (Wildman–Crippen LogP) is 1.59. The van der Waals surface area contributed by atoms with Crippen molar-refractivity contribution in [2.45, 2.75) is 20.0 Å². The molecule has 0 aliphatic carbocycles. The van der Waals surface area contributed by atoms with Gasteiger partial charge in [-0.05, 0) is 13.0 Å². The first kappa shape index (κ1) is 14.2. The van der Waals surface area contributed by atoms with Gasteiger partial charge in [0.1, 0.15) is 5.69 Å². The molecule has 1 amide bonds. The highest BCUT2D eigenvalue weighted by Crippen LogP contribution is 2.15. The summed E-state index contributed by atoms with van der Waals surface area (Å²) in [6.07, 6.45) is 2.98. The number of alkyl halides is 2. The average Bonchev–Trinajstić information content (AvgIpc) is 2.95. The first-order valence-corrected chi connectivity index (χ1v) is 5.96. The highest BCUT2D eigenvalue weighted by molar-refractivity contribution is 5.92. The van der Waals surface area contributed by atoms with Crippen molar-refractivity contribution in [3.8, 4) is 0 Å². The van der Waals surface area contributed by atoms with Gasteiger partial charge in [0.2, 0.25) is 0 Å². The minimum Gasteiger partial charge on any atom is -0.336 e. The van der Waals surface area contributed by atoms with Crippen molar-refractivity contribution in [1.82, 2.24) is 24.5 Å². The number of aromatic nitrogens is 4. The Morgan fingerprint density at radius 3 is 2.75 bits per heavy atom. The minimum atomic E-state index is -2.84. The summed E-state index contributed by atoms with van der Waals surface area (Å²) in [4.78, 5) is 13.5. The van der Waals surface area contributed by atoms with E-state index >= 15 is 0 Å². The van der Waals surface area contributed by atoms with Gasteiger partial charge in [-0.2, -0.15) is 23.7 Å². The zero-order valence-electron chi connectivity index (χ0n) is 11.4. The fraction of sp³-hybridized carbons (Fsp3) is 0.417. The molecule has 0 atom stereocenters. The van der Waals surface area contributed by atoms with Gasteiger partial charge in [-0.25, -0.2) is 0 Å². The van der Waals surface area contributed by atoms with E-state index in [2.05, 4.69) is 10.2 Å². The van der Waals surface area contributed by atoms with E-state index in [1.54, 1.807) is 25.0 Å². The van der Waals surface area contributed by atoms with Crippen LogP contribution in [0.1, 0.15) is 28.3 Å². The summed E-state index contributed by atoms with van der Waals surface area (Å²) in [5.74, 6) is -0.508. The molecule has 0 fully saturated rings. The lowest BCUT2D eigenvalue weighted by Gasteiger charge is -2.17. The van der Waals surface area contributed by atoms with Crippen molar-refractivity contribution < 1.29 is 13.6 Å². The van der Waals surface area contributed by atoms with E-state index in [9.17, 15) is 13.6 Å². The normalized spacial score (nSPS) is 11.1. The van der Waals surface area contributed by atoms with Gasteiger partial charge in [0.05, 0.1) is 5.69 Å². The molecule has 0 radical (unpaired) electrons. The highest BCUT2D eigenvalue weighted by Gasteiger charge is 2.21. The number of carbonyl (C=O) groups excluding carboxylic acids is 1. The molecule has 2 aromatic rings. The maximum absolute atomic E-state index is 12.7. The first-order chi connectivity index (χ1) is 9.40. The molecule has 0 aromatic carbocycles. The molecule has 0 N–H and O–H groups in total. The molecule has 2 aromatic heterocycles. The molecule has 0 aliphatic heterocycles. The third-order valence-corrected chi connectivity index (χ3v) is 2.94. The maximum Gasteiger partial charge on any atom is 0.333 e. The monoisotopic (exact) mass is 283 g/mol. The lowest BCUT2D eigenvalue weighted by Crippen LogP contribution is -2.28. The van der Waals surface area contributed by atoms with Gasteiger partial charge in [-0.15, -0.1) is 0 Å². The summed E-state index contributed by atoms with van der Waals surface area (Å²) in [5, 5.41) is 7.62. The van der Waals surface area contributed by atoms with E-state index < -0.39 is 12.5 Å². The Morgan fingerprint density at radius 2 is 2.20 bits per heavy atom. The minimum absolute atomic E-state index is 0.135. The predicted molar refractivity (Wildman–Crippen MR) is 67.2 cm³/mol. The third kappa shape index (κ3) is 2.68. The Bertz CT molecular complexity index is 619. The molecule has 0 unspecified atom stereocenters. The van der Waals surface area contributed by atoms with Crippen molar-refractivity contribution in [2.75, 3.05) is 7.05 Å². The summed E-state index contributed by atoms with van der Waals surface area (Å²) in [6.45, 7) is -0.707. The number of amides is 1. The van der Waals surface area contributed by atoms with E-state index in [0.717, 1.165) is 11.3 Å². The van der Waals surface area contributed by atoms with Crippen LogP contribution in [-0.4, -0.2) is 37.4 Å². The van der Waals surface area contributed by atoms with Crippen molar-refractivity contribution in [2.24, 2.45) is 7.05 Å². The van der Waals surface area contributed by atoms with Crippen LogP contribution in [0.5, 0.6) is 0 Å². The van der Waals surface area contributed by atoms with E-state index in [1.807, 2.05) is 6.92 Å². The quantitative estimate of drug-likeness (QED) is 0.856. The van der Waals surface area contributed by atoms with Crippen LogP contribution in [0.2, 0.25) is 0 Å². The van der Waals surface area contributed by atoms with Crippen LogP contribution in [0.15, 0.2) is 18.5 Å². The van der Waals surface area contributed by atoms with Crippen LogP contribution in [0, 0.1) is 6.92 Å².